The molecule has 0 N–H and O–H groups in total. The van der Waals surface area contributed by atoms with Gasteiger partial charge >= 0.3 is 0 Å². The molecule has 0 amide bonds. The first-order valence-electron chi connectivity index (χ1n) is 23.2. The molecule has 2 heterocycles. The van der Waals surface area contributed by atoms with Crippen LogP contribution in [0.15, 0.2) is 255 Å². The van der Waals surface area contributed by atoms with E-state index >= 15 is 0 Å². The average Bonchev–Trinajstić information content (AvgIpc) is 3.79. The van der Waals surface area contributed by atoms with Crippen molar-refractivity contribution in [1.29, 1.82) is 0 Å². The van der Waals surface area contributed by atoms with Gasteiger partial charge in [-0.1, -0.05) is 224 Å². The Morgan fingerprint density at radius 2 is 0.706 bits per heavy atom. The zero-order valence-electron chi connectivity index (χ0n) is 37.1. The van der Waals surface area contributed by atoms with E-state index in [9.17, 15) is 0 Å². The Kier molecular flexibility index (Phi) is 9.62. The topological polar surface area (TPSA) is 25.8 Å². The lowest BCUT2D eigenvalue weighted by molar-refractivity contribution is 0.756. The summed E-state index contributed by atoms with van der Waals surface area (Å²) in [5.41, 5.74) is 18.7. The van der Waals surface area contributed by atoms with Crippen molar-refractivity contribution in [2.75, 3.05) is 0 Å². The van der Waals surface area contributed by atoms with Gasteiger partial charge in [-0.3, -0.25) is 0 Å². The number of aromatic nitrogens is 2. The van der Waals surface area contributed by atoms with Crippen LogP contribution in [0.25, 0.3) is 98.6 Å². The molecular weight excluding hydrogens is 841 g/mol. The highest BCUT2D eigenvalue weighted by atomic mass is 32.1. The van der Waals surface area contributed by atoms with Crippen LogP contribution in [-0.2, 0) is 5.41 Å². The molecule has 68 heavy (non-hydrogen) atoms. The first-order chi connectivity index (χ1) is 33.7. The molecule has 0 atom stereocenters. The molecule has 1 aliphatic rings. The van der Waals surface area contributed by atoms with Gasteiger partial charge in [-0.05, 0) is 97.1 Å². The van der Waals surface area contributed by atoms with Crippen LogP contribution < -0.4 is 0 Å². The summed E-state index contributed by atoms with van der Waals surface area (Å²) >= 11 is 1.87. The van der Waals surface area contributed by atoms with Gasteiger partial charge in [0, 0.05) is 36.9 Å². The normalized spacial score (nSPS) is 12.5. The highest BCUT2D eigenvalue weighted by Gasteiger charge is 2.44. The van der Waals surface area contributed by atoms with Crippen LogP contribution in [-0.4, -0.2) is 9.97 Å². The molecule has 2 nitrogen and oxygen atoms in total. The zero-order chi connectivity index (χ0) is 45.0. The van der Waals surface area contributed by atoms with E-state index in [0.717, 1.165) is 28.1 Å². The number of hydrogen-bond acceptors (Lipinski definition) is 3. The van der Waals surface area contributed by atoms with Crippen molar-refractivity contribution in [2.24, 2.45) is 0 Å². The fourth-order valence-electron chi connectivity index (χ4n) is 10.7. The fourth-order valence-corrected chi connectivity index (χ4v) is 12.1. The SMILES string of the molecule is c1ccc(-c2cc(-c3ccccc3)cc(-c3ccc4c5c3sc3c(-c6nc(-c7ccccc7)cc(-c7ccccc7)n6)ccc(c35)-c3ccccc3C4(c3ccccc3)c3ccccc3)c2)cc1. The highest BCUT2D eigenvalue weighted by molar-refractivity contribution is 7.27. The molecule has 12 aromatic rings. The first-order valence-corrected chi connectivity index (χ1v) is 24.0. The van der Waals surface area contributed by atoms with E-state index in [4.69, 9.17) is 9.97 Å². The lowest BCUT2D eigenvalue weighted by Crippen LogP contribution is -2.31. The zero-order valence-corrected chi connectivity index (χ0v) is 37.9. The molecule has 10 aromatic carbocycles. The molecule has 318 valence electrons. The van der Waals surface area contributed by atoms with Crippen molar-refractivity contribution >= 4 is 31.5 Å². The van der Waals surface area contributed by atoms with Gasteiger partial charge in [0.15, 0.2) is 5.82 Å². The second-order valence-electron chi connectivity index (χ2n) is 17.6. The minimum Gasteiger partial charge on any atom is -0.228 e. The number of nitrogens with zero attached hydrogens (tertiary/aromatic N) is 2. The number of hydrogen-bond donors (Lipinski definition) is 0. The van der Waals surface area contributed by atoms with Crippen molar-refractivity contribution in [2.45, 2.75) is 5.41 Å². The second kappa shape index (κ2) is 16.4. The van der Waals surface area contributed by atoms with Gasteiger partial charge in [0.05, 0.1) is 16.8 Å². The highest BCUT2D eigenvalue weighted by Crippen LogP contribution is 2.59. The molecule has 0 saturated heterocycles. The van der Waals surface area contributed by atoms with E-state index in [1.54, 1.807) is 0 Å². The Bertz CT molecular complexity index is 3660. The quantitative estimate of drug-likeness (QED) is 0.152. The molecule has 3 heteroatoms. The predicted octanol–water partition coefficient (Wildman–Crippen LogP) is 17.2. The minimum atomic E-state index is -0.658. The van der Waals surface area contributed by atoms with E-state index in [0.29, 0.717) is 5.82 Å². The summed E-state index contributed by atoms with van der Waals surface area (Å²) in [4.78, 5) is 10.9. The molecule has 0 fully saturated rings. The minimum absolute atomic E-state index is 0.658. The van der Waals surface area contributed by atoms with Gasteiger partial charge in [-0.15, -0.1) is 11.3 Å². The largest absolute Gasteiger partial charge is 0.228 e. The van der Waals surface area contributed by atoms with Crippen LogP contribution in [0.1, 0.15) is 22.3 Å². The van der Waals surface area contributed by atoms with Crippen LogP contribution in [0.5, 0.6) is 0 Å². The van der Waals surface area contributed by atoms with Crippen LogP contribution in [0.4, 0.5) is 0 Å². The monoisotopic (exact) mass is 882 g/mol. The molecular formula is C65H42N2S. The van der Waals surface area contributed by atoms with Crippen LogP contribution in [0, 0.1) is 0 Å². The van der Waals surface area contributed by atoms with Gasteiger partial charge in [0.2, 0.25) is 0 Å². The number of fused-ring (bicyclic) bond motifs is 2. The third-order valence-electron chi connectivity index (χ3n) is 13.8. The molecule has 13 rings (SSSR count). The van der Waals surface area contributed by atoms with Crippen molar-refractivity contribution in [3.8, 4) is 78.4 Å². The summed E-state index contributed by atoms with van der Waals surface area (Å²) in [6, 6.07) is 92.6. The molecule has 2 aromatic heterocycles. The number of thiophene rings is 1. The van der Waals surface area contributed by atoms with Gasteiger partial charge < -0.3 is 0 Å². The summed E-state index contributed by atoms with van der Waals surface area (Å²) in [5, 5.41) is 2.50. The first kappa shape index (κ1) is 39.8. The van der Waals surface area contributed by atoms with E-state index in [-0.39, 0.29) is 0 Å². The summed E-state index contributed by atoms with van der Waals surface area (Å²) in [6.07, 6.45) is 0. The molecule has 0 bridgehead atoms. The predicted molar refractivity (Wildman–Crippen MR) is 285 cm³/mol. The lowest BCUT2D eigenvalue weighted by Gasteiger charge is -2.38. The molecule has 0 unspecified atom stereocenters. The van der Waals surface area contributed by atoms with Gasteiger partial charge in [-0.2, -0.15) is 0 Å². The van der Waals surface area contributed by atoms with Gasteiger partial charge in [0.1, 0.15) is 0 Å². The molecule has 1 aliphatic carbocycles. The second-order valence-corrected chi connectivity index (χ2v) is 18.6. The molecule has 0 aliphatic heterocycles. The standard InChI is InChI=1S/C65H42N2S/c1-7-21-43(22-8-1)47-39-48(44-23-9-2-10-24-44)41-49(40-47)52-37-38-57-61-60-54(53-33-19-20-34-56(53)65(57,50-29-15-5-16-30-50)51-31-17-6-18-32-51)35-36-55(63(60)68-62(52)61)64-66-58(45-25-11-3-12-26-45)42-59(67-64)46-27-13-4-14-28-46/h1-42H. The van der Waals surface area contributed by atoms with Gasteiger partial charge in [-0.25, -0.2) is 9.97 Å². The average molecular weight is 883 g/mol. The molecule has 0 saturated carbocycles. The van der Waals surface area contributed by atoms with Crippen molar-refractivity contribution in [3.63, 3.8) is 0 Å². The van der Waals surface area contributed by atoms with Crippen LogP contribution in [0.2, 0.25) is 0 Å². The van der Waals surface area contributed by atoms with Crippen molar-refractivity contribution in [3.05, 3.63) is 277 Å². The number of rotatable bonds is 8. The Balaban J connectivity index is 1.19. The maximum absolute atomic E-state index is 5.45. The Morgan fingerprint density at radius 3 is 1.25 bits per heavy atom. The summed E-state index contributed by atoms with van der Waals surface area (Å²) < 4.78 is 2.41. The Hall–Kier alpha value is -8.50. The molecule has 0 radical (unpaired) electrons. The van der Waals surface area contributed by atoms with Crippen molar-refractivity contribution in [1.82, 2.24) is 9.97 Å². The third kappa shape index (κ3) is 6.46. The maximum Gasteiger partial charge on any atom is 0.161 e. The van der Waals surface area contributed by atoms with E-state index in [1.807, 2.05) is 11.3 Å². The van der Waals surface area contributed by atoms with E-state index in [1.165, 1.54) is 86.9 Å². The van der Waals surface area contributed by atoms with Crippen LogP contribution in [0.3, 0.4) is 0 Å². The van der Waals surface area contributed by atoms with Crippen molar-refractivity contribution < 1.29 is 0 Å². The lowest BCUT2D eigenvalue weighted by atomic mass is 9.63. The Morgan fingerprint density at radius 1 is 0.279 bits per heavy atom. The fraction of sp³-hybridized carbons (Fsp3) is 0.0154. The van der Waals surface area contributed by atoms with Gasteiger partial charge in [0.25, 0.3) is 0 Å². The van der Waals surface area contributed by atoms with Crippen LogP contribution >= 0.6 is 11.3 Å². The smallest absolute Gasteiger partial charge is 0.161 e. The van der Waals surface area contributed by atoms with E-state index < -0.39 is 5.41 Å². The third-order valence-corrected chi connectivity index (χ3v) is 15.0. The number of benzene rings is 10. The molecule has 0 spiro atoms. The Labute approximate surface area is 400 Å². The maximum atomic E-state index is 5.45. The van der Waals surface area contributed by atoms with E-state index in [2.05, 4.69) is 255 Å². The summed E-state index contributed by atoms with van der Waals surface area (Å²) in [6.45, 7) is 0. The summed E-state index contributed by atoms with van der Waals surface area (Å²) in [5.74, 6) is 0.707. The summed E-state index contributed by atoms with van der Waals surface area (Å²) in [7, 11) is 0.